The summed E-state index contributed by atoms with van der Waals surface area (Å²) in [6, 6.07) is 16.0. The molecule has 0 saturated heterocycles. The number of rotatable bonds is 13. The summed E-state index contributed by atoms with van der Waals surface area (Å²) in [4.78, 5) is 0. The van der Waals surface area contributed by atoms with Crippen LogP contribution in [-0.4, -0.2) is 0 Å². The second-order valence-corrected chi connectivity index (χ2v) is 13.5. The molecule has 0 radical (unpaired) electrons. The summed E-state index contributed by atoms with van der Waals surface area (Å²) < 4.78 is 45.3. The van der Waals surface area contributed by atoms with Gasteiger partial charge in [0, 0.05) is 11.1 Å². The van der Waals surface area contributed by atoms with Crippen molar-refractivity contribution < 1.29 is 13.2 Å². The van der Waals surface area contributed by atoms with Crippen LogP contribution in [0.3, 0.4) is 0 Å². The van der Waals surface area contributed by atoms with Crippen LogP contribution in [0.5, 0.6) is 0 Å². The molecular formula is C42H51F3. The molecule has 2 aliphatic rings. The molecule has 240 valence electrons. The summed E-state index contributed by atoms with van der Waals surface area (Å²) in [5, 5.41) is 0. The molecule has 1 saturated carbocycles. The summed E-state index contributed by atoms with van der Waals surface area (Å²) in [5.41, 5.74) is 4.75. The zero-order chi connectivity index (χ0) is 31.6. The van der Waals surface area contributed by atoms with Crippen LogP contribution in [0.25, 0.3) is 27.8 Å². The zero-order valence-corrected chi connectivity index (χ0v) is 27.4. The summed E-state index contributed by atoms with van der Waals surface area (Å²) in [5.74, 6) is 0.694. The summed E-state index contributed by atoms with van der Waals surface area (Å²) in [6.07, 6.45) is 24.1. The minimum atomic E-state index is -0.805. The van der Waals surface area contributed by atoms with Gasteiger partial charge in [0.2, 0.25) is 0 Å². The molecule has 0 heterocycles. The normalized spacial score (nSPS) is 20.5. The second kappa shape index (κ2) is 16.5. The molecule has 1 atom stereocenters. The molecule has 0 bridgehead atoms. The maximum atomic E-state index is 15.4. The molecule has 3 heteroatoms. The first-order chi connectivity index (χ1) is 22.0. The van der Waals surface area contributed by atoms with Gasteiger partial charge in [-0.15, -0.1) is 0 Å². The SMILES string of the molecule is C/C=C/CCC1CCC(C2CC=C(c3ccc(-c4ccc(-c5ccc(CCCCCCC)c(F)c5F)cc4)c(F)c3)CC2)CC1. The average Bonchev–Trinajstić information content (AvgIpc) is 3.07. The number of allylic oxidation sites excluding steroid dienone is 4. The molecular weight excluding hydrogens is 561 g/mol. The van der Waals surface area contributed by atoms with Crippen molar-refractivity contribution >= 4 is 5.57 Å². The Balaban J connectivity index is 1.18. The van der Waals surface area contributed by atoms with Gasteiger partial charge in [-0.3, -0.25) is 0 Å². The quantitative estimate of drug-likeness (QED) is 0.133. The van der Waals surface area contributed by atoms with Crippen LogP contribution >= 0.6 is 0 Å². The topological polar surface area (TPSA) is 0 Å². The van der Waals surface area contributed by atoms with E-state index in [1.54, 1.807) is 42.5 Å². The Morgan fingerprint density at radius 2 is 1.40 bits per heavy atom. The van der Waals surface area contributed by atoms with Crippen molar-refractivity contribution in [3.8, 4) is 22.3 Å². The second-order valence-electron chi connectivity index (χ2n) is 13.5. The van der Waals surface area contributed by atoms with Crippen LogP contribution in [0.15, 0.2) is 72.8 Å². The fourth-order valence-corrected chi connectivity index (χ4v) is 7.69. The Labute approximate surface area is 269 Å². The van der Waals surface area contributed by atoms with E-state index in [0.29, 0.717) is 23.1 Å². The van der Waals surface area contributed by atoms with Crippen LogP contribution in [-0.2, 0) is 6.42 Å². The first-order valence-corrected chi connectivity index (χ1v) is 17.7. The standard InChI is InChI=1S/C42H51F3/c1-3-5-7-8-10-12-36-25-28-39(42(45)41(36)44)35-23-21-34(22-24-35)38-27-26-37(29-40(38)43)33-19-17-32(18-20-33)31-15-13-30(14-16-31)11-9-6-4-2/h4,6,19,21-32H,3,5,7-18,20H2,1-2H3/b6-4+. The lowest BCUT2D eigenvalue weighted by molar-refractivity contribution is 0.190. The molecule has 1 fully saturated rings. The van der Waals surface area contributed by atoms with Crippen LogP contribution < -0.4 is 0 Å². The number of hydrogen-bond acceptors (Lipinski definition) is 0. The molecule has 2 aliphatic carbocycles. The fourth-order valence-electron chi connectivity index (χ4n) is 7.69. The van der Waals surface area contributed by atoms with Gasteiger partial charge in [0.05, 0.1) is 0 Å². The smallest absolute Gasteiger partial charge is 0.166 e. The molecule has 0 N–H and O–H groups in total. The molecule has 1 unspecified atom stereocenters. The summed E-state index contributed by atoms with van der Waals surface area (Å²) in [6.45, 7) is 4.27. The van der Waals surface area contributed by atoms with E-state index < -0.39 is 11.6 Å². The van der Waals surface area contributed by atoms with Crippen molar-refractivity contribution in [3.05, 3.63) is 101 Å². The zero-order valence-electron chi connectivity index (χ0n) is 27.4. The molecule has 0 spiro atoms. The molecule has 3 aromatic carbocycles. The van der Waals surface area contributed by atoms with Gasteiger partial charge in [-0.25, -0.2) is 13.2 Å². The van der Waals surface area contributed by atoms with Gasteiger partial charge >= 0.3 is 0 Å². The van der Waals surface area contributed by atoms with Crippen molar-refractivity contribution in [2.75, 3.05) is 0 Å². The lowest BCUT2D eigenvalue weighted by Crippen LogP contribution is -2.23. The van der Waals surface area contributed by atoms with Crippen molar-refractivity contribution in [2.24, 2.45) is 17.8 Å². The maximum absolute atomic E-state index is 15.4. The fraction of sp³-hybridized carbons (Fsp3) is 0.476. The van der Waals surface area contributed by atoms with E-state index in [9.17, 15) is 4.39 Å². The highest BCUT2D eigenvalue weighted by molar-refractivity contribution is 5.74. The van der Waals surface area contributed by atoms with Crippen molar-refractivity contribution in [3.63, 3.8) is 0 Å². The van der Waals surface area contributed by atoms with Gasteiger partial charge in [0.1, 0.15) is 5.82 Å². The van der Waals surface area contributed by atoms with E-state index >= 15 is 8.78 Å². The van der Waals surface area contributed by atoms with Gasteiger partial charge < -0.3 is 0 Å². The maximum Gasteiger partial charge on any atom is 0.166 e. The molecule has 0 nitrogen and oxygen atoms in total. The minimum Gasteiger partial charge on any atom is -0.206 e. The van der Waals surface area contributed by atoms with E-state index in [2.05, 4.69) is 32.1 Å². The van der Waals surface area contributed by atoms with E-state index in [1.807, 2.05) is 12.1 Å². The average molecular weight is 613 g/mol. The molecule has 3 aromatic rings. The van der Waals surface area contributed by atoms with Crippen LogP contribution in [0.4, 0.5) is 13.2 Å². The number of unbranched alkanes of at least 4 members (excludes halogenated alkanes) is 4. The number of hydrogen-bond donors (Lipinski definition) is 0. The number of halogens is 3. The minimum absolute atomic E-state index is 0.240. The third kappa shape index (κ3) is 8.60. The predicted molar refractivity (Wildman–Crippen MR) is 184 cm³/mol. The third-order valence-corrected chi connectivity index (χ3v) is 10.5. The van der Waals surface area contributed by atoms with Crippen LogP contribution in [0.2, 0.25) is 0 Å². The molecule has 45 heavy (non-hydrogen) atoms. The first kappa shape index (κ1) is 33.3. The van der Waals surface area contributed by atoms with Gasteiger partial charge in [-0.1, -0.05) is 112 Å². The van der Waals surface area contributed by atoms with Gasteiger partial charge in [-0.05, 0) is 116 Å². The Kier molecular flexibility index (Phi) is 12.2. The van der Waals surface area contributed by atoms with Crippen LogP contribution in [0, 0.1) is 35.2 Å². The highest BCUT2D eigenvalue weighted by atomic mass is 19.2. The van der Waals surface area contributed by atoms with E-state index in [0.717, 1.165) is 67.4 Å². The first-order valence-electron chi connectivity index (χ1n) is 17.7. The molecule has 5 rings (SSSR count). The summed E-state index contributed by atoms with van der Waals surface area (Å²) >= 11 is 0. The highest BCUT2D eigenvalue weighted by Crippen LogP contribution is 2.42. The number of aryl methyl sites for hydroxylation is 1. The van der Waals surface area contributed by atoms with Crippen molar-refractivity contribution in [2.45, 2.75) is 110 Å². The Morgan fingerprint density at radius 1 is 0.711 bits per heavy atom. The highest BCUT2D eigenvalue weighted by Gasteiger charge is 2.28. The lowest BCUT2D eigenvalue weighted by Gasteiger charge is -2.35. The van der Waals surface area contributed by atoms with E-state index in [-0.39, 0.29) is 11.4 Å². The van der Waals surface area contributed by atoms with Gasteiger partial charge in [0.15, 0.2) is 11.6 Å². The van der Waals surface area contributed by atoms with E-state index in [1.165, 1.54) is 56.9 Å². The van der Waals surface area contributed by atoms with Crippen LogP contribution in [0.1, 0.15) is 115 Å². The number of benzene rings is 3. The van der Waals surface area contributed by atoms with Crippen molar-refractivity contribution in [1.82, 2.24) is 0 Å². The Morgan fingerprint density at radius 3 is 2.07 bits per heavy atom. The monoisotopic (exact) mass is 612 g/mol. The largest absolute Gasteiger partial charge is 0.206 e. The van der Waals surface area contributed by atoms with Gasteiger partial charge in [-0.2, -0.15) is 0 Å². The van der Waals surface area contributed by atoms with Gasteiger partial charge in [0.25, 0.3) is 0 Å². The molecule has 0 aliphatic heterocycles. The Bertz CT molecular complexity index is 1440. The lowest BCUT2D eigenvalue weighted by atomic mass is 9.70. The molecule has 0 amide bonds. The molecule has 0 aromatic heterocycles. The predicted octanol–water partition coefficient (Wildman–Crippen LogP) is 13.3. The van der Waals surface area contributed by atoms with E-state index in [4.69, 9.17) is 0 Å². The third-order valence-electron chi connectivity index (χ3n) is 10.5. The summed E-state index contributed by atoms with van der Waals surface area (Å²) in [7, 11) is 0. The Hall–Kier alpha value is -3.07. The van der Waals surface area contributed by atoms with Crippen molar-refractivity contribution in [1.29, 1.82) is 0 Å².